The van der Waals surface area contributed by atoms with Gasteiger partial charge in [0.05, 0.1) is 0 Å². The van der Waals surface area contributed by atoms with E-state index in [2.05, 4.69) is 21.2 Å². The second kappa shape index (κ2) is 6.36. The molecule has 1 heterocycles. The number of benzene rings is 2. The van der Waals surface area contributed by atoms with Crippen LogP contribution in [0.5, 0.6) is 0 Å². The van der Waals surface area contributed by atoms with Gasteiger partial charge in [0.25, 0.3) is 0 Å². The lowest BCUT2D eigenvalue weighted by molar-refractivity contribution is -0.133. The highest BCUT2D eigenvalue weighted by molar-refractivity contribution is 9.10. The Hall–Kier alpha value is -1.43. The number of aliphatic carboxylic acids is 1. The number of thioether (sulfide) groups is 1. The molecule has 1 aliphatic rings. The molecule has 1 unspecified atom stereocenters. The second-order valence-electron chi connectivity index (χ2n) is 4.71. The number of carboxylic acids is 1. The van der Waals surface area contributed by atoms with Gasteiger partial charge in [0.2, 0.25) is 0 Å². The summed E-state index contributed by atoms with van der Waals surface area (Å²) in [5.74, 6) is -0.970. The molecule has 0 amide bonds. The molecule has 2 aromatic carbocycles. The van der Waals surface area contributed by atoms with Gasteiger partial charge in [-0.25, -0.2) is 4.79 Å². The largest absolute Gasteiger partial charge is 0.477 e. The van der Waals surface area contributed by atoms with Crippen molar-refractivity contribution in [3.05, 3.63) is 74.9 Å². The molecule has 0 saturated carbocycles. The molecule has 2 aromatic rings. The Labute approximate surface area is 145 Å². The van der Waals surface area contributed by atoms with Gasteiger partial charge in [-0.3, -0.25) is 0 Å². The van der Waals surface area contributed by atoms with E-state index in [0.717, 1.165) is 15.6 Å². The second-order valence-corrected chi connectivity index (χ2v) is 7.18. The molecule has 1 aliphatic heterocycles. The standard InChI is InChI=1S/C16H11BrClNO2S/c17-11-6-4-9(5-7-11)15-19-13(16(20)21)14(22-15)10-2-1-3-12(18)8-10/h1-8,15,19H,(H,20,21). The zero-order chi connectivity index (χ0) is 15.7. The minimum atomic E-state index is -0.970. The molecule has 0 aliphatic carbocycles. The van der Waals surface area contributed by atoms with E-state index in [9.17, 15) is 9.90 Å². The lowest BCUT2D eigenvalue weighted by Crippen LogP contribution is -2.19. The maximum atomic E-state index is 11.5. The van der Waals surface area contributed by atoms with Gasteiger partial charge in [0, 0.05) is 14.4 Å². The number of halogens is 2. The smallest absolute Gasteiger partial charge is 0.353 e. The molecule has 2 N–H and O–H groups in total. The number of carboxylic acid groups (broad SMARTS) is 1. The van der Waals surface area contributed by atoms with Gasteiger partial charge < -0.3 is 10.4 Å². The van der Waals surface area contributed by atoms with E-state index in [0.29, 0.717) is 9.93 Å². The van der Waals surface area contributed by atoms with Crippen molar-refractivity contribution in [1.29, 1.82) is 0 Å². The van der Waals surface area contributed by atoms with Crippen molar-refractivity contribution in [1.82, 2.24) is 5.32 Å². The van der Waals surface area contributed by atoms with Crippen molar-refractivity contribution in [2.45, 2.75) is 5.37 Å². The van der Waals surface area contributed by atoms with Crippen molar-refractivity contribution in [3.8, 4) is 0 Å². The van der Waals surface area contributed by atoms with Crippen LogP contribution in [0.25, 0.3) is 4.91 Å². The summed E-state index contributed by atoms with van der Waals surface area (Å²) in [7, 11) is 0. The van der Waals surface area contributed by atoms with Crippen LogP contribution in [0.1, 0.15) is 16.5 Å². The molecule has 0 aromatic heterocycles. The molecule has 0 saturated heterocycles. The molecule has 3 rings (SSSR count). The summed E-state index contributed by atoms with van der Waals surface area (Å²) in [4.78, 5) is 12.2. The number of hydrogen-bond donors (Lipinski definition) is 2. The van der Waals surface area contributed by atoms with Crippen LogP contribution in [-0.4, -0.2) is 11.1 Å². The predicted octanol–water partition coefficient (Wildman–Crippen LogP) is 4.89. The first-order valence-electron chi connectivity index (χ1n) is 6.47. The molecule has 0 spiro atoms. The maximum absolute atomic E-state index is 11.5. The molecular weight excluding hydrogens is 386 g/mol. The Bertz CT molecular complexity index is 761. The Morgan fingerprint density at radius 3 is 2.59 bits per heavy atom. The van der Waals surface area contributed by atoms with Crippen LogP contribution >= 0.6 is 39.3 Å². The van der Waals surface area contributed by atoms with Crippen molar-refractivity contribution < 1.29 is 9.90 Å². The van der Waals surface area contributed by atoms with E-state index in [1.807, 2.05) is 36.4 Å². The summed E-state index contributed by atoms with van der Waals surface area (Å²) in [6, 6.07) is 15.0. The highest BCUT2D eigenvalue weighted by atomic mass is 79.9. The molecule has 0 radical (unpaired) electrons. The molecule has 6 heteroatoms. The molecule has 3 nitrogen and oxygen atoms in total. The van der Waals surface area contributed by atoms with Gasteiger partial charge in [0.1, 0.15) is 11.1 Å². The number of rotatable bonds is 3. The number of hydrogen-bond acceptors (Lipinski definition) is 3. The maximum Gasteiger partial charge on any atom is 0.353 e. The lowest BCUT2D eigenvalue weighted by Gasteiger charge is -2.11. The molecular formula is C16H11BrClNO2S. The average Bonchev–Trinajstić information content (AvgIpc) is 2.93. The summed E-state index contributed by atoms with van der Waals surface area (Å²) in [5.41, 5.74) is 2.03. The van der Waals surface area contributed by atoms with Gasteiger partial charge in [-0.1, -0.05) is 63.6 Å². The quantitative estimate of drug-likeness (QED) is 0.775. The van der Waals surface area contributed by atoms with Crippen LogP contribution in [0.3, 0.4) is 0 Å². The van der Waals surface area contributed by atoms with Crippen molar-refractivity contribution in [2.75, 3.05) is 0 Å². The SMILES string of the molecule is O=C(O)C1=C(c2cccc(Cl)c2)SC(c2ccc(Br)cc2)N1. The van der Waals surface area contributed by atoms with Gasteiger partial charge in [0.15, 0.2) is 0 Å². The molecule has 0 fully saturated rings. The highest BCUT2D eigenvalue weighted by Gasteiger charge is 2.30. The molecule has 1 atom stereocenters. The van der Waals surface area contributed by atoms with Crippen molar-refractivity contribution >= 4 is 50.2 Å². The fourth-order valence-corrected chi connectivity index (χ4v) is 3.88. The van der Waals surface area contributed by atoms with E-state index in [1.54, 1.807) is 12.1 Å². The summed E-state index contributed by atoms with van der Waals surface area (Å²) < 4.78 is 0.987. The fraction of sp³-hybridized carbons (Fsp3) is 0.0625. The predicted molar refractivity (Wildman–Crippen MR) is 93.6 cm³/mol. The molecule has 112 valence electrons. The van der Waals surface area contributed by atoms with Gasteiger partial charge in [-0.05, 0) is 35.4 Å². The van der Waals surface area contributed by atoms with Crippen LogP contribution in [0, 0.1) is 0 Å². The van der Waals surface area contributed by atoms with Crippen molar-refractivity contribution in [3.63, 3.8) is 0 Å². The third kappa shape index (κ3) is 3.16. The van der Waals surface area contributed by atoms with E-state index in [-0.39, 0.29) is 11.1 Å². The highest BCUT2D eigenvalue weighted by Crippen LogP contribution is 2.46. The number of nitrogens with one attached hydrogen (secondary N) is 1. The first-order valence-corrected chi connectivity index (χ1v) is 8.52. The van der Waals surface area contributed by atoms with E-state index in [1.165, 1.54) is 11.8 Å². The molecule has 22 heavy (non-hydrogen) atoms. The third-order valence-corrected chi connectivity index (χ3v) is 5.28. The van der Waals surface area contributed by atoms with Crippen LogP contribution in [0.2, 0.25) is 5.02 Å². The van der Waals surface area contributed by atoms with Crippen LogP contribution in [0.15, 0.2) is 58.7 Å². The van der Waals surface area contributed by atoms with E-state index >= 15 is 0 Å². The summed E-state index contributed by atoms with van der Waals surface area (Å²) in [6.07, 6.45) is 0. The van der Waals surface area contributed by atoms with Crippen molar-refractivity contribution in [2.24, 2.45) is 0 Å². The topological polar surface area (TPSA) is 49.3 Å². The number of carbonyl (C=O) groups is 1. The van der Waals surface area contributed by atoms with Gasteiger partial charge in [-0.15, -0.1) is 0 Å². The molecule has 0 bridgehead atoms. The zero-order valence-corrected chi connectivity index (χ0v) is 14.4. The van der Waals surface area contributed by atoms with Crippen LogP contribution in [0.4, 0.5) is 0 Å². The normalized spacial score (nSPS) is 17.5. The van der Waals surface area contributed by atoms with E-state index in [4.69, 9.17) is 11.6 Å². The first-order chi connectivity index (χ1) is 10.5. The van der Waals surface area contributed by atoms with E-state index < -0.39 is 5.97 Å². The van der Waals surface area contributed by atoms with Gasteiger partial charge in [-0.2, -0.15) is 0 Å². The Morgan fingerprint density at radius 2 is 1.95 bits per heavy atom. The average molecular weight is 397 g/mol. The first kappa shape index (κ1) is 15.5. The minimum absolute atomic E-state index is 0.131. The Morgan fingerprint density at radius 1 is 1.23 bits per heavy atom. The summed E-state index contributed by atoms with van der Waals surface area (Å²) >= 11 is 10.9. The minimum Gasteiger partial charge on any atom is -0.477 e. The summed E-state index contributed by atoms with van der Waals surface area (Å²) in [6.45, 7) is 0. The summed E-state index contributed by atoms with van der Waals surface area (Å²) in [5, 5.41) is 13.0. The van der Waals surface area contributed by atoms with Crippen LogP contribution < -0.4 is 5.32 Å². The van der Waals surface area contributed by atoms with Gasteiger partial charge >= 0.3 is 5.97 Å². The Balaban J connectivity index is 1.95. The third-order valence-electron chi connectivity index (χ3n) is 3.21. The fourth-order valence-electron chi connectivity index (χ4n) is 2.19. The van der Waals surface area contributed by atoms with Crippen LogP contribution in [-0.2, 0) is 4.79 Å². The Kier molecular flexibility index (Phi) is 4.47. The zero-order valence-electron chi connectivity index (χ0n) is 11.2. The lowest BCUT2D eigenvalue weighted by atomic mass is 10.2. The monoisotopic (exact) mass is 395 g/mol.